The number of hydrogen-bond acceptors (Lipinski definition) is 4. The highest BCUT2D eigenvalue weighted by Gasteiger charge is 2.32. The van der Waals surface area contributed by atoms with E-state index in [9.17, 15) is 13.2 Å². The molecular formula is C9H8F3N5. The molecule has 0 saturated heterocycles. The van der Waals surface area contributed by atoms with E-state index in [1.54, 1.807) is 0 Å². The van der Waals surface area contributed by atoms with Gasteiger partial charge in [0.1, 0.15) is 5.82 Å². The summed E-state index contributed by atoms with van der Waals surface area (Å²) < 4.78 is 38.0. The Hall–Kier alpha value is -2.25. The second kappa shape index (κ2) is 3.65. The van der Waals surface area contributed by atoms with Crippen molar-refractivity contribution >= 4 is 11.5 Å². The largest absolute Gasteiger partial charge is 0.419 e. The molecule has 0 bridgehead atoms. The molecule has 5 nitrogen and oxygen atoms in total. The quantitative estimate of drug-likeness (QED) is 0.794. The van der Waals surface area contributed by atoms with Crippen molar-refractivity contribution in [3.05, 3.63) is 30.1 Å². The lowest BCUT2D eigenvalue weighted by molar-refractivity contribution is -0.137. The van der Waals surface area contributed by atoms with Crippen LogP contribution < -0.4 is 11.5 Å². The highest BCUT2D eigenvalue weighted by atomic mass is 19.4. The van der Waals surface area contributed by atoms with E-state index in [0.717, 1.165) is 10.9 Å². The van der Waals surface area contributed by atoms with Crippen molar-refractivity contribution in [2.24, 2.45) is 0 Å². The van der Waals surface area contributed by atoms with Gasteiger partial charge in [0, 0.05) is 6.20 Å². The number of hydrogen-bond donors (Lipinski definition) is 2. The van der Waals surface area contributed by atoms with Crippen molar-refractivity contribution in [3.63, 3.8) is 0 Å². The maximum Gasteiger partial charge on any atom is 0.419 e. The van der Waals surface area contributed by atoms with Crippen LogP contribution in [-0.2, 0) is 6.18 Å². The number of rotatable bonds is 1. The molecule has 2 heterocycles. The van der Waals surface area contributed by atoms with Crippen molar-refractivity contribution in [2.45, 2.75) is 6.18 Å². The van der Waals surface area contributed by atoms with E-state index in [-0.39, 0.29) is 17.3 Å². The van der Waals surface area contributed by atoms with Crippen molar-refractivity contribution in [2.75, 3.05) is 11.5 Å². The Bertz CT molecular complexity index is 546. The topological polar surface area (TPSA) is 82.8 Å². The zero-order valence-corrected chi connectivity index (χ0v) is 8.44. The number of anilines is 2. The van der Waals surface area contributed by atoms with Gasteiger partial charge in [0.2, 0.25) is 0 Å². The number of nitrogens with two attached hydrogens (primary N) is 2. The SMILES string of the molecule is Nc1ccc(-n2cc(C(F)(F)F)cn2)nc1N. The summed E-state index contributed by atoms with van der Waals surface area (Å²) in [6, 6.07) is 2.88. The third kappa shape index (κ3) is 2.14. The molecule has 8 heteroatoms. The monoisotopic (exact) mass is 243 g/mol. The molecule has 0 aliphatic heterocycles. The molecule has 0 aliphatic rings. The van der Waals surface area contributed by atoms with Crippen LogP contribution in [0.15, 0.2) is 24.5 Å². The summed E-state index contributed by atoms with van der Waals surface area (Å²) in [5, 5.41) is 3.56. The maximum atomic E-state index is 12.3. The highest BCUT2D eigenvalue weighted by molar-refractivity contribution is 5.59. The van der Waals surface area contributed by atoms with E-state index in [2.05, 4.69) is 10.1 Å². The summed E-state index contributed by atoms with van der Waals surface area (Å²) in [7, 11) is 0. The minimum absolute atomic E-state index is 0.0477. The van der Waals surface area contributed by atoms with Gasteiger partial charge in [-0.05, 0) is 12.1 Å². The zero-order chi connectivity index (χ0) is 12.6. The summed E-state index contributed by atoms with van der Waals surface area (Å²) in [6.45, 7) is 0. The lowest BCUT2D eigenvalue weighted by atomic mass is 10.3. The first-order valence-electron chi connectivity index (χ1n) is 4.52. The van der Waals surface area contributed by atoms with Gasteiger partial charge in [-0.25, -0.2) is 9.67 Å². The van der Waals surface area contributed by atoms with Crippen LogP contribution in [-0.4, -0.2) is 14.8 Å². The van der Waals surface area contributed by atoms with Crippen LogP contribution in [0.1, 0.15) is 5.56 Å². The zero-order valence-electron chi connectivity index (χ0n) is 8.44. The van der Waals surface area contributed by atoms with Crippen LogP contribution in [0.3, 0.4) is 0 Å². The number of nitrogen functional groups attached to an aromatic ring is 2. The molecule has 0 spiro atoms. The minimum Gasteiger partial charge on any atom is -0.396 e. The van der Waals surface area contributed by atoms with Crippen LogP contribution in [0.25, 0.3) is 5.82 Å². The Kier molecular flexibility index (Phi) is 2.41. The molecular weight excluding hydrogens is 235 g/mol. The molecule has 2 aromatic rings. The van der Waals surface area contributed by atoms with Crippen LogP contribution in [0, 0.1) is 0 Å². The molecule has 2 aromatic heterocycles. The molecule has 0 saturated carbocycles. The van der Waals surface area contributed by atoms with E-state index < -0.39 is 11.7 Å². The Morgan fingerprint density at radius 2 is 1.88 bits per heavy atom. The average Bonchev–Trinajstić information content (AvgIpc) is 2.70. The molecule has 17 heavy (non-hydrogen) atoms. The third-order valence-corrected chi connectivity index (χ3v) is 2.09. The first-order valence-corrected chi connectivity index (χ1v) is 4.52. The average molecular weight is 243 g/mol. The first-order chi connectivity index (χ1) is 7.88. The van der Waals surface area contributed by atoms with Gasteiger partial charge < -0.3 is 11.5 Å². The minimum atomic E-state index is -4.43. The van der Waals surface area contributed by atoms with Crippen molar-refractivity contribution < 1.29 is 13.2 Å². The fraction of sp³-hybridized carbons (Fsp3) is 0.111. The Balaban J connectivity index is 2.40. The Labute approximate surface area is 93.9 Å². The van der Waals surface area contributed by atoms with Crippen LogP contribution in [0.5, 0.6) is 0 Å². The van der Waals surface area contributed by atoms with Crippen molar-refractivity contribution in [1.29, 1.82) is 0 Å². The van der Waals surface area contributed by atoms with E-state index in [1.807, 2.05) is 0 Å². The van der Waals surface area contributed by atoms with E-state index >= 15 is 0 Å². The van der Waals surface area contributed by atoms with Gasteiger partial charge in [-0.15, -0.1) is 0 Å². The van der Waals surface area contributed by atoms with Gasteiger partial charge in [0.05, 0.1) is 17.4 Å². The maximum absolute atomic E-state index is 12.3. The van der Waals surface area contributed by atoms with Crippen molar-refractivity contribution in [3.8, 4) is 5.82 Å². The van der Waals surface area contributed by atoms with Crippen LogP contribution in [0.2, 0.25) is 0 Å². The molecule has 0 aromatic carbocycles. The van der Waals surface area contributed by atoms with Crippen LogP contribution >= 0.6 is 0 Å². The molecule has 0 radical (unpaired) electrons. The smallest absolute Gasteiger partial charge is 0.396 e. The fourth-order valence-electron chi connectivity index (χ4n) is 1.20. The first kappa shape index (κ1) is 11.2. The molecule has 0 fully saturated rings. The lowest BCUT2D eigenvalue weighted by Gasteiger charge is -2.04. The Morgan fingerprint density at radius 1 is 1.18 bits per heavy atom. The fourth-order valence-corrected chi connectivity index (χ4v) is 1.20. The molecule has 4 N–H and O–H groups in total. The standard InChI is InChI=1S/C9H8F3N5/c10-9(11,12)5-3-15-17(4-5)7-2-1-6(13)8(14)16-7/h1-4H,13H2,(H2,14,16). The van der Waals surface area contributed by atoms with Gasteiger partial charge in [0.25, 0.3) is 0 Å². The van der Waals surface area contributed by atoms with Gasteiger partial charge in [-0.3, -0.25) is 0 Å². The molecule has 0 unspecified atom stereocenters. The molecule has 0 atom stereocenters. The van der Waals surface area contributed by atoms with E-state index in [4.69, 9.17) is 11.5 Å². The summed E-state index contributed by atoms with van der Waals surface area (Å²) >= 11 is 0. The molecule has 0 aliphatic carbocycles. The van der Waals surface area contributed by atoms with E-state index in [1.165, 1.54) is 12.1 Å². The molecule has 2 rings (SSSR count). The van der Waals surface area contributed by atoms with Gasteiger partial charge in [0.15, 0.2) is 5.82 Å². The molecule has 90 valence electrons. The summed E-state index contributed by atoms with van der Waals surface area (Å²) in [5.74, 6) is 0.221. The van der Waals surface area contributed by atoms with Gasteiger partial charge >= 0.3 is 6.18 Å². The predicted molar refractivity (Wildman–Crippen MR) is 55.2 cm³/mol. The summed E-state index contributed by atoms with van der Waals surface area (Å²) in [6.07, 6.45) is -2.89. The van der Waals surface area contributed by atoms with Gasteiger partial charge in [-0.2, -0.15) is 18.3 Å². The van der Waals surface area contributed by atoms with E-state index in [0.29, 0.717) is 6.20 Å². The number of aromatic nitrogens is 3. The Morgan fingerprint density at radius 3 is 2.41 bits per heavy atom. The number of nitrogens with zero attached hydrogens (tertiary/aromatic N) is 3. The summed E-state index contributed by atoms with van der Waals surface area (Å²) in [5.41, 5.74) is 10.3. The number of halogens is 3. The van der Waals surface area contributed by atoms with Crippen LogP contribution in [0.4, 0.5) is 24.7 Å². The third-order valence-electron chi connectivity index (χ3n) is 2.09. The lowest BCUT2D eigenvalue weighted by Crippen LogP contribution is -2.05. The second-order valence-electron chi connectivity index (χ2n) is 3.32. The second-order valence-corrected chi connectivity index (χ2v) is 3.32. The number of pyridine rings is 1. The molecule has 0 amide bonds. The van der Waals surface area contributed by atoms with Crippen molar-refractivity contribution in [1.82, 2.24) is 14.8 Å². The predicted octanol–water partition coefficient (Wildman–Crippen LogP) is 1.45. The highest BCUT2D eigenvalue weighted by Crippen LogP contribution is 2.29. The normalized spacial score (nSPS) is 11.7. The number of alkyl halides is 3. The van der Waals surface area contributed by atoms with Gasteiger partial charge in [-0.1, -0.05) is 0 Å². The summed E-state index contributed by atoms with van der Waals surface area (Å²) in [4.78, 5) is 3.82.